The summed E-state index contributed by atoms with van der Waals surface area (Å²) in [5.74, 6) is 0.695. The third-order valence-corrected chi connectivity index (χ3v) is 4.49. The molecule has 1 aliphatic heterocycles. The summed E-state index contributed by atoms with van der Waals surface area (Å²) in [6, 6.07) is 13.3. The molecule has 4 rings (SSSR count). The summed E-state index contributed by atoms with van der Waals surface area (Å²) in [7, 11) is 1.63. The van der Waals surface area contributed by atoms with Gasteiger partial charge in [0.15, 0.2) is 0 Å². The van der Waals surface area contributed by atoms with Gasteiger partial charge in [0, 0.05) is 24.2 Å². The molecular weight excluding hydrogens is 346 g/mol. The molecule has 8 nitrogen and oxygen atoms in total. The van der Waals surface area contributed by atoms with Crippen molar-refractivity contribution >= 4 is 5.91 Å². The van der Waals surface area contributed by atoms with E-state index in [0.29, 0.717) is 37.6 Å². The molecule has 0 N–H and O–H groups in total. The van der Waals surface area contributed by atoms with E-state index in [4.69, 9.17) is 9.47 Å². The highest BCUT2D eigenvalue weighted by molar-refractivity contribution is 5.96. The number of ether oxygens (including phenoxy) is 2. The first-order valence-corrected chi connectivity index (χ1v) is 8.65. The Morgan fingerprint density at radius 2 is 1.96 bits per heavy atom. The average Bonchev–Trinajstić information content (AvgIpc) is 3.28. The molecule has 1 aliphatic rings. The van der Waals surface area contributed by atoms with Crippen LogP contribution >= 0.6 is 0 Å². The number of hydrogen-bond donors (Lipinski definition) is 0. The maximum Gasteiger partial charge on any atom is 0.254 e. The Balaban J connectivity index is 1.81. The highest BCUT2D eigenvalue weighted by atomic mass is 16.5. The minimum atomic E-state index is -0.0376. The first-order valence-electron chi connectivity index (χ1n) is 8.65. The van der Waals surface area contributed by atoms with Gasteiger partial charge in [-0.05, 0) is 40.3 Å². The lowest BCUT2D eigenvalue weighted by Crippen LogP contribution is -2.40. The summed E-state index contributed by atoms with van der Waals surface area (Å²) in [5, 5.41) is 11.3. The molecule has 27 heavy (non-hydrogen) atoms. The number of amides is 1. The number of nitrogens with zero attached hydrogens (tertiary/aromatic N) is 5. The molecule has 0 radical (unpaired) electrons. The van der Waals surface area contributed by atoms with Crippen LogP contribution in [-0.4, -0.2) is 64.4 Å². The molecule has 1 amide bonds. The van der Waals surface area contributed by atoms with Gasteiger partial charge < -0.3 is 14.4 Å². The summed E-state index contributed by atoms with van der Waals surface area (Å²) in [6.45, 7) is 2.27. The van der Waals surface area contributed by atoms with E-state index in [1.54, 1.807) is 18.1 Å². The van der Waals surface area contributed by atoms with Crippen molar-refractivity contribution in [3.63, 3.8) is 0 Å². The van der Waals surface area contributed by atoms with Crippen LogP contribution in [0.15, 0.2) is 48.8 Å². The SMILES string of the molecule is COc1ccccc1-c1cc(C(=O)N2CCOCC2)cc(-n2cnnn2)c1. The Morgan fingerprint density at radius 1 is 1.15 bits per heavy atom. The van der Waals surface area contributed by atoms with Gasteiger partial charge >= 0.3 is 0 Å². The summed E-state index contributed by atoms with van der Waals surface area (Å²) >= 11 is 0. The molecule has 0 unspecified atom stereocenters. The van der Waals surface area contributed by atoms with Crippen molar-refractivity contribution in [2.24, 2.45) is 0 Å². The van der Waals surface area contributed by atoms with Crippen molar-refractivity contribution in [3.05, 3.63) is 54.4 Å². The molecule has 1 saturated heterocycles. The zero-order chi connectivity index (χ0) is 18.6. The van der Waals surface area contributed by atoms with Crippen LogP contribution in [0.4, 0.5) is 0 Å². The van der Waals surface area contributed by atoms with E-state index in [1.165, 1.54) is 11.0 Å². The second kappa shape index (κ2) is 7.55. The van der Waals surface area contributed by atoms with E-state index in [0.717, 1.165) is 16.9 Å². The molecular formula is C19H19N5O3. The number of hydrogen-bond acceptors (Lipinski definition) is 6. The van der Waals surface area contributed by atoms with E-state index in [9.17, 15) is 4.79 Å². The Morgan fingerprint density at radius 3 is 2.70 bits per heavy atom. The van der Waals surface area contributed by atoms with Gasteiger partial charge in [-0.15, -0.1) is 5.10 Å². The van der Waals surface area contributed by atoms with Gasteiger partial charge in [0.2, 0.25) is 0 Å². The van der Waals surface area contributed by atoms with Gasteiger partial charge in [-0.25, -0.2) is 4.68 Å². The molecule has 2 aromatic carbocycles. The molecule has 1 fully saturated rings. The van der Waals surface area contributed by atoms with Crippen LogP contribution in [0, 0.1) is 0 Å². The van der Waals surface area contributed by atoms with Gasteiger partial charge in [0.05, 0.1) is 26.0 Å². The van der Waals surface area contributed by atoms with E-state index >= 15 is 0 Å². The fraction of sp³-hybridized carbons (Fsp3) is 0.263. The minimum absolute atomic E-state index is 0.0376. The monoisotopic (exact) mass is 365 g/mol. The van der Waals surface area contributed by atoms with E-state index in [2.05, 4.69) is 15.5 Å². The number of methoxy groups -OCH3 is 1. The van der Waals surface area contributed by atoms with Crippen LogP contribution in [0.2, 0.25) is 0 Å². The second-order valence-electron chi connectivity index (χ2n) is 6.13. The lowest BCUT2D eigenvalue weighted by atomic mass is 10.0. The maximum absolute atomic E-state index is 13.0. The van der Waals surface area contributed by atoms with E-state index in [1.807, 2.05) is 36.4 Å². The summed E-state index contributed by atoms with van der Waals surface area (Å²) in [6.07, 6.45) is 1.50. The quantitative estimate of drug-likeness (QED) is 0.701. The Hall–Kier alpha value is -3.26. The normalized spacial score (nSPS) is 14.2. The Bertz CT molecular complexity index is 936. The number of carbonyl (C=O) groups is 1. The lowest BCUT2D eigenvalue weighted by molar-refractivity contribution is 0.0303. The van der Waals surface area contributed by atoms with Crippen LogP contribution in [0.1, 0.15) is 10.4 Å². The summed E-state index contributed by atoms with van der Waals surface area (Å²) in [4.78, 5) is 14.8. The third-order valence-electron chi connectivity index (χ3n) is 4.49. The maximum atomic E-state index is 13.0. The lowest BCUT2D eigenvalue weighted by Gasteiger charge is -2.27. The largest absolute Gasteiger partial charge is 0.496 e. The molecule has 0 aliphatic carbocycles. The zero-order valence-corrected chi connectivity index (χ0v) is 14.9. The number of carbonyl (C=O) groups excluding carboxylic acids is 1. The number of morpholine rings is 1. The van der Waals surface area contributed by atoms with Gasteiger partial charge in [0.1, 0.15) is 12.1 Å². The number of aromatic nitrogens is 4. The van der Waals surface area contributed by atoms with E-state index < -0.39 is 0 Å². The van der Waals surface area contributed by atoms with Gasteiger partial charge in [0.25, 0.3) is 5.91 Å². The van der Waals surface area contributed by atoms with Crippen LogP contribution in [0.25, 0.3) is 16.8 Å². The smallest absolute Gasteiger partial charge is 0.254 e. The number of rotatable bonds is 4. The van der Waals surface area contributed by atoms with E-state index in [-0.39, 0.29) is 5.91 Å². The fourth-order valence-electron chi connectivity index (χ4n) is 3.13. The molecule has 0 bridgehead atoms. The van der Waals surface area contributed by atoms with Crippen molar-refractivity contribution < 1.29 is 14.3 Å². The molecule has 8 heteroatoms. The first kappa shape index (κ1) is 17.2. The number of tetrazole rings is 1. The molecule has 138 valence electrons. The second-order valence-corrected chi connectivity index (χ2v) is 6.13. The van der Waals surface area contributed by atoms with Crippen molar-refractivity contribution in [2.75, 3.05) is 33.4 Å². The first-order chi connectivity index (χ1) is 13.3. The molecule has 0 atom stereocenters. The molecule has 0 spiro atoms. The van der Waals surface area contributed by atoms with Crippen molar-refractivity contribution in [2.45, 2.75) is 0 Å². The van der Waals surface area contributed by atoms with Gasteiger partial charge in [-0.1, -0.05) is 18.2 Å². The Kier molecular flexibility index (Phi) is 4.80. The molecule has 0 saturated carbocycles. The summed E-state index contributed by atoms with van der Waals surface area (Å²) < 4.78 is 12.4. The standard InChI is InChI=1S/C19H19N5O3/c1-26-18-5-3-2-4-17(18)14-10-15(19(25)23-6-8-27-9-7-23)12-16(11-14)24-13-20-21-22-24/h2-5,10-13H,6-9H2,1H3. The van der Waals surface area contributed by atoms with Crippen LogP contribution in [-0.2, 0) is 4.74 Å². The van der Waals surface area contributed by atoms with Crippen LogP contribution in [0.3, 0.4) is 0 Å². The minimum Gasteiger partial charge on any atom is -0.496 e. The average molecular weight is 365 g/mol. The molecule has 3 aromatic rings. The Labute approximate surface area is 156 Å². The van der Waals surface area contributed by atoms with Gasteiger partial charge in [-0.3, -0.25) is 4.79 Å². The van der Waals surface area contributed by atoms with Crippen molar-refractivity contribution in [3.8, 4) is 22.6 Å². The predicted molar refractivity (Wildman–Crippen MR) is 97.9 cm³/mol. The zero-order valence-electron chi connectivity index (χ0n) is 14.9. The number of benzene rings is 2. The van der Waals surface area contributed by atoms with Gasteiger partial charge in [-0.2, -0.15) is 0 Å². The highest BCUT2D eigenvalue weighted by Gasteiger charge is 2.20. The molecule has 2 heterocycles. The third kappa shape index (κ3) is 3.52. The van der Waals surface area contributed by atoms with Crippen molar-refractivity contribution in [1.29, 1.82) is 0 Å². The highest BCUT2D eigenvalue weighted by Crippen LogP contribution is 2.32. The predicted octanol–water partition coefficient (Wildman–Crippen LogP) is 1.81. The van der Waals surface area contributed by atoms with Crippen LogP contribution < -0.4 is 4.74 Å². The van der Waals surface area contributed by atoms with Crippen LogP contribution in [0.5, 0.6) is 5.75 Å². The topological polar surface area (TPSA) is 82.4 Å². The summed E-state index contributed by atoms with van der Waals surface area (Å²) in [5.41, 5.74) is 3.04. The fourth-order valence-corrected chi connectivity index (χ4v) is 3.13. The molecule has 1 aromatic heterocycles. The van der Waals surface area contributed by atoms with Crippen molar-refractivity contribution in [1.82, 2.24) is 25.1 Å². The number of para-hydroxylation sites is 1.